The van der Waals surface area contributed by atoms with Gasteiger partial charge >= 0.3 is 5.97 Å². The Labute approximate surface area is 145 Å². The fourth-order valence-electron chi connectivity index (χ4n) is 2.60. The number of carbonyl (C=O) groups is 2. The second-order valence-corrected chi connectivity index (χ2v) is 6.13. The number of aryl methyl sites for hydroxylation is 1. The Morgan fingerprint density at radius 2 is 2.04 bits per heavy atom. The zero-order valence-electron chi connectivity index (χ0n) is 14.4. The molecule has 0 aliphatic heterocycles. The van der Waals surface area contributed by atoms with Crippen molar-refractivity contribution in [3.8, 4) is 0 Å². The largest absolute Gasteiger partial charge is 0.480 e. The molecule has 0 spiro atoms. The molecule has 0 saturated heterocycles. The molecule has 1 aromatic heterocycles. The van der Waals surface area contributed by atoms with Crippen LogP contribution in [0.1, 0.15) is 33.1 Å². The number of carbonyl (C=O) groups excluding carboxylic acids is 1. The first kappa shape index (κ1) is 18.6. The molecule has 1 aromatic carbocycles. The van der Waals surface area contributed by atoms with Crippen LogP contribution in [0.25, 0.3) is 10.9 Å². The highest BCUT2D eigenvalue weighted by Gasteiger charge is 2.24. The van der Waals surface area contributed by atoms with Crippen LogP contribution in [-0.2, 0) is 16.1 Å². The van der Waals surface area contributed by atoms with E-state index in [1.165, 1.54) is 10.9 Å². The van der Waals surface area contributed by atoms with Crippen molar-refractivity contribution in [3.63, 3.8) is 0 Å². The molecule has 1 amide bonds. The number of amides is 1. The molecule has 0 radical (unpaired) electrons. The Morgan fingerprint density at radius 1 is 1.32 bits per heavy atom. The number of nitrogens with zero attached hydrogens (tertiary/aromatic N) is 2. The van der Waals surface area contributed by atoms with E-state index in [1.54, 1.807) is 25.1 Å². The molecule has 2 aromatic rings. The summed E-state index contributed by atoms with van der Waals surface area (Å²) < 4.78 is 1.47. The maximum absolute atomic E-state index is 12.3. The molecular weight excluding hydrogens is 322 g/mol. The van der Waals surface area contributed by atoms with E-state index < -0.39 is 12.0 Å². The molecule has 0 saturated carbocycles. The Kier molecular flexibility index (Phi) is 6.27. The van der Waals surface area contributed by atoms with Crippen molar-refractivity contribution in [2.75, 3.05) is 0 Å². The van der Waals surface area contributed by atoms with Gasteiger partial charge in [-0.15, -0.1) is 0 Å². The Hall–Kier alpha value is -2.70. The maximum atomic E-state index is 12.3. The van der Waals surface area contributed by atoms with Crippen molar-refractivity contribution in [1.82, 2.24) is 14.9 Å². The average molecular weight is 345 g/mol. The first-order valence-electron chi connectivity index (χ1n) is 8.40. The SMILES string of the molecule is CC[C@@H](C)[C@H](NC(=O)CCCn1cnc2ccccc2c1=O)C(=O)O. The van der Waals surface area contributed by atoms with Crippen LogP contribution in [0.3, 0.4) is 0 Å². The Morgan fingerprint density at radius 3 is 2.72 bits per heavy atom. The smallest absolute Gasteiger partial charge is 0.326 e. The summed E-state index contributed by atoms with van der Waals surface area (Å²) in [7, 11) is 0. The number of hydrogen-bond donors (Lipinski definition) is 2. The van der Waals surface area contributed by atoms with E-state index >= 15 is 0 Å². The molecule has 2 rings (SSSR count). The second-order valence-electron chi connectivity index (χ2n) is 6.13. The minimum absolute atomic E-state index is 0.144. The van der Waals surface area contributed by atoms with Gasteiger partial charge in [0.2, 0.25) is 5.91 Å². The van der Waals surface area contributed by atoms with Gasteiger partial charge in [-0.25, -0.2) is 9.78 Å². The van der Waals surface area contributed by atoms with E-state index in [0.29, 0.717) is 30.3 Å². The van der Waals surface area contributed by atoms with E-state index in [2.05, 4.69) is 10.3 Å². The number of para-hydroxylation sites is 1. The van der Waals surface area contributed by atoms with Gasteiger partial charge in [0.15, 0.2) is 0 Å². The van der Waals surface area contributed by atoms with Crippen molar-refractivity contribution < 1.29 is 14.7 Å². The Bertz CT molecular complexity index is 815. The van der Waals surface area contributed by atoms with Crippen molar-refractivity contribution in [1.29, 1.82) is 0 Å². The molecule has 0 unspecified atom stereocenters. The minimum Gasteiger partial charge on any atom is -0.480 e. The van der Waals surface area contributed by atoms with Gasteiger partial charge in [-0.3, -0.25) is 14.2 Å². The molecule has 7 nitrogen and oxygen atoms in total. The number of fused-ring (bicyclic) bond motifs is 1. The second kappa shape index (κ2) is 8.41. The minimum atomic E-state index is -1.03. The van der Waals surface area contributed by atoms with Gasteiger partial charge in [0, 0.05) is 13.0 Å². The predicted molar refractivity (Wildman–Crippen MR) is 94.3 cm³/mol. The molecule has 2 N–H and O–H groups in total. The highest BCUT2D eigenvalue weighted by molar-refractivity contribution is 5.83. The van der Waals surface area contributed by atoms with Gasteiger partial charge in [-0.05, 0) is 24.5 Å². The molecule has 25 heavy (non-hydrogen) atoms. The summed E-state index contributed by atoms with van der Waals surface area (Å²) in [6.07, 6.45) is 2.72. The van der Waals surface area contributed by atoms with Crippen LogP contribution in [-0.4, -0.2) is 32.6 Å². The quantitative estimate of drug-likeness (QED) is 0.759. The number of aromatic nitrogens is 2. The Balaban J connectivity index is 1.94. The van der Waals surface area contributed by atoms with Gasteiger partial charge < -0.3 is 10.4 Å². The molecular formula is C18H23N3O4. The highest BCUT2D eigenvalue weighted by atomic mass is 16.4. The summed E-state index contributed by atoms with van der Waals surface area (Å²) in [4.78, 5) is 39.8. The topological polar surface area (TPSA) is 101 Å². The zero-order chi connectivity index (χ0) is 18.4. The summed E-state index contributed by atoms with van der Waals surface area (Å²) in [5, 5.41) is 12.3. The number of rotatable bonds is 8. The lowest BCUT2D eigenvalue weighted by molar-refractivity contribution is -0.143. The molecule has 0 bridgehead atoms. The lowest BCUT2D eigenvalue weighted by Gasteiger charge is -2.20. The van der Waals surface area contributed by atoms with Gasteiger partial charge in [0.25, 0.3) is 5.56 Å². The van der Waals surface area contributed by atoms with Crippen LogP contribution in [0.15, 0.2) is 35.4 Å². The third kappa shape index (κ3) is 4.65. The lowest BCUT2D eigenvalue weighted by atomic mass is 9.99. The van der Waals surface area contributed by atoms with E-state index in [9.17, 15) is 19.5 Å². The fraction of sp³-hybridized carbons (Fsp3) is 0.444. The average Bonchev–Trinajstić information content (AvgIpc) is 2.61. The number of nitrogens with one attached hydrogen (secondary N) is 1. The molecule has 7 heteroatoms. The van der Waals surface area contributed by atoms with E-state index in [-0.39, 0.29) is 23.8 Å². The van der Waals surface area contributed by atoms with Crippen LogP contribution < -0.4 is 10.9 Å². The number of aliphatic carboxylic acids is 1. The van der Waals surface area contributed by atoms with Crippen LogP contribution in [0.5, 0.6) is 0 Å². The third-order valence-electron chi connectivity index (χ3n) is 4.33. The summed E-state index contributed by atoms with van der Waals surface area (Å²) in [5.74, 6) is -1.50. The van der Waals surface area contributed by atoms with E-state index in [0.717, 1.165) is 0 Å². The normalized spacial score (nSPS) is 13.4. The number of hydrogen-bond acceptors (Lipinski definition) is 4. The first-order valence-corrected chi connectivity index (χ1v) is 8.40. The monoisotopic (exact) mass is 345 g/mol. The summed E-state index contributed by atoms with van der Waals surface area (Å²) in [6, 6.07) is 6.21. The standard InChI is InChI=1S/C18H23N3O4/c1-3-12(2)16(18(24)25)20-15(22)9-6-10-21-11-19-14-8-5-4-7-13(14)17(21)23/h4-5,7-8,11-12,16H,3,6,9-10H2,1-2H3,(H,20,22)(H,24,25)/t12-,16+/m1/s1. The molecule has 0 fully saturated rings. The number of carboxylic acids is 1. The number of carboxylic acid groups (broad SMARTS) is 1. The van der Waals surface area contributed by atoms with Gasteiger partial charge in [0.1, 0.15) is 6.04 Å². The van der Waals surface area contributed by atoms with Crippen LogP contribution in [0, 0.1) is 5.92 Å². The van der Waals surface area contributed by atoms with E-state index in [1.807, 2.05) is 13.0 Å². The highest BCUT2D eigenvalue weighted by Crippen LogP contribution is 2.09. The molecule has 0 aliphatic rings. The van der Waals surface area contributed by atoms with Crippen molar-refractivity contribution in [2.45, 2.75) is 45.7 Å². The van der Waals surface area contributed by atoms with Crippen LogP contribution in [0.4, 0.5) is 0 Å². The molecule has 134 valence electrons. The van der Waals surface area contributed by atoms with E-state index in [4.69, 9.17) is 0 Å². The molecule has 1 heterocycles. The number of benzene rings is 1. The third-order valence-corrected chi connectivity index (χ3v) is 4.33. The summed E-state index contributed by atoms with van der Waals surface area (Å²) >= 11 is 0. The predicted octanol–water partition coefficient (Wildman–Crippen LogP) is 1.79. The molecule has 2 atom stereocenters. The maximum Gasteiger partial charge on any atom is 0.326 e. The zero-order valence-corrected chi connectivity index (χ0v) is 14.4. The van der Waals surface area contributed by atoms with Crippen LogP contribution in [0.2, 0.25) is 0 Å². The van der Waals surface area contributed by atoms with Crippen molar-refractivity contribution in [3.05, 3.63) is 40.9 Å². The van der Waals surface area contributed by atoms with Crippen molar-refractivity contribution >= 4 is 22.8 Å². The summed E-state index contributed by atoms with van der Waals surface area (Å²) in [6.45, 7) is 4.02. The first-order chi connectivity index (χ1) is 11.9. The summed E-state index contributed by atoms with van der Waals surface area (Å²) in [5.41, 5.74) is 0.494. The van der Waals surface area contributed by atoms with Crippen LogP contribution >= 0.6 is 0 Å². The van der Waals surface area contributed by atoms with Gasteiger partial charge in [0.05, 0.1) is 17.2 Å². The lowest BCUT2D eigenvalue weighted by Crippen LogP contribution is -2.45. The fourth-order valence-corrected chi connectivity index (χ4v) is 2.60. The molecule has 0 aliphatic carbocycles. The van der Waals surface area contributed by atoms with Crippen molar-refractivity contribution in [2.24, 2.45) is 5.92 Å². The van der Waals surface area contributed by atoms with Gasteiger partial charge in [-0.2, -0.15) is 0 Å². The van der Waals surface area contributed by atoms with Gasteiger partial charge in [-0.1, -0.05) is 32.4 Å².